The molecule has 20 heavy (non-hydrogen) atoms. The van der Waals surface area contributed by atoms with Crippen molar-refractivity contribution in [2.24, 2.45) is 5.92 Å². The second kappa shape index (κ2) is 5.83. The van der Waals surface area contributed by atoms with E-state index < -0.39 is 0 Å². The van der Waals surface area contributed by atoms with Gasteiger partial charge in [0.1, 0.15) is 12.4 Å². The van der Waals surface area contributed by atoms with Gasteiger partial charge < -0.3 is 15.0 Å². The fraction of sp³-hybridized carbons (Fsp3) is 0.562. The molecule has 0 saturated carbocycles. The minimum Gasteiger partial charge on any atom is -0.492 e. The summed E-state index contributed by atoms with van der Waals surface area (Å²) in [6.45, 7) is 2.22. The van der Waals surface area contributed by atoms with Crippen LogP contribution >= 0.6 is 0 Å². The number of nitrogens with one attached hydrogen (secondary N) is 1. The maximum absolute atomic E-state index is 12.6. The number of likely N-dealkylation sites (tertiary alicyclic amines) is 1. The summed E-state index contributed by atoms with van der Waals surface area (Å²) < 4.78 is 5.74. The predicted octanol–water partition coefficient (Wildman–Crippen LogP) is 1.45. The van der Waals surface area contributed by atoms with Crippen molar-refractivity contribution < 1.29 is 9.53 Å². The first-order valence-corrected chi connectivity index (χ1v) is 7.44. The fourth-order valence-corrected chi connectivity index (χ4v) is 3.16. The third-order valence-electron chi connectivity index (χ3n) is 4.37. The third-order valence-corrected chi connectivity index (χ3v) is 4.37. The van der Waals surface area contributed by atoms with Gasteiger partial charge in [0, 0.05) is 19.1 Å². The Morgan fingerprint density at radius 3 is 3.10 bits per heavy atom. The van der Waals surface area contributed by atoms with E-state index in [2.05, 4.69) is 11.4 Å². The monoisotopic (exact) mass is 274 g/mol. The topological polar surface area (TPSA) is 41.6 Å². The molecule has 2 aliphatic heterocycles. The lowest BCUT2D eigenvalue weighted by Crippen LogP contribution is -2.50. The van der Waals surface area contributed by atoms with Crippen LogP contribution in [0.4, 0.5) is 0 Å². The van der Waals surface area contributed by atoms with E-state index in [1.807, 2.05) is 30.1 Å². The highest BCUT2D eigenvalue weighted by molar-refractivity contribution is 5.80. The van der Waals surface area contributed by atoms with Crippen LogP contribution in [0.3, 0.4) is 0 Å². The Morgan fingerprint density at radius 1 is 1.40 bits per heavy atom. The number of carbonyl (C=O) groups excluding carboxylic acids is 1. The summed E-state index contributed by atoms with van der Waals surface area (Å²) in [6, 6.07) is 8.45. The first kappa shape index (κ1) is 13.4. The molecule has 1 saturated heterocycles. The molecule has 1 aromatic rings. The number of hydrogen-bond donors (Lipinski definition) is 1. The van der Waals surface area contributed by atoms with Gasteiger partial charge in [-0.2, -0.15) is 0 Å². The largest absolute Gasteiger partial charge is 0.492 e. The zero-order valence-corrected chi connectivity index (χ0v) is 12.0. The molecule has 2 aliphatic rings. The SMILES string of the molecule is CNC1CCCN(C(=O)C2COc3ccccc3C2)C1. The van der Waals surface area contributed by atoms with Crippen molar-refractivity contribution in [3.63, 3.8) is 0 Å². The average molecular weight is 274 g/mol. The highest BCUT2D eigenvalue weighted by Crippen LogP contribution is 2.28. The predicted molar refractivity (Wildman–Crippen MR) is 77.8 cm³/mol. The van der Waals surface area contributed by atoms with Gasteiger partial charge in [-0.05, 0) is 37.9 Å². The number of para-hydroxylation sites is 1. The summed E-state index contributed by atoms with van der Waals surface area (Å²) in [4.78, 5) is 14.6. The van der Waals surface area contributed by atoms with Crippen molar-refractivity contribution in [3.05, 3.63) is 29.8 Å². The summed E-state index contributed by atoms with van der Waals surface area (Å²) in [6.07, 6.45) is 3.04. The number of hydrogen-bond acceptors (Lipinski definition) is 3. The highest BCUT2D eigenvalue weighted by Gasteiger charge is 2.31. The van der Waals surface area contributed by atoms with Crippen LogP contribution in [0, 0.1) is 5.92 Å². The summed E-state index contributed by atoms with van der Waals surface area (Å²) in [5, 5.41) is 3.28. The van der Waals surface area contributed by atoms with Crippen LogP contribution < -0.4 is 10.1 Å². The number of benzene rings is 1. The van der Waals surface area contributed by atoms with Gasteiger partial charge in [-0.3, -0.25) is 4.79 Å². The second-order valence-corrected chi connectivity index (χ2v) is 5.73. The van der Waals surface area contributed by atoms with E-state index >= 15 is 0 Å². The molecule has 4 heteroatoms. The number of fused-ring (bicyclic) bond motifs is 1. The molecular weight excluding hydrogens is 252 g/mol. The Morgan fingerprint density at radius 2 is 2.25 bits per heavy atom. The number of piperidine rings is 1. The van der Waals surface area contributed by atoms with Crippen LogP contribution in [0.5, 0.6) is 5.75 Å². The van der Waals surface area contributed by atoms with Gasteiger partial charge in [0.05, 0.1) is 5.92 Å². The van der Waals surface area contributed by atoms with Crippen LogP contribution in [-0.4, -0.2) is 43.6 Å². The lowest BCUT2D eigenvalue weighted by molar-refractivity contribution is -0.138. The number of nitrogens with zero attached hydrogens (tertiary/aromatic N) is 1. The number of rotatable bonds is 2. The van der Waals surface area contributed by atoms with Crippen LogP contribution in [0.2, 0.25) is 0 Å². The summed E-state index contributed by atoms with van der Waals surface area (Å²) >= 11 is 0. The van der Waals surface area contributed by atoms with E-state index in [0.717, 1.165) is 43.7 Å². The molecule has 0 aromatic heterocycles. The molecule has 4 nitrogen and oxygen atoms in total. The second-order valence-electron chi connectivity index (χ2n) is 5.73. The van der Waals surface area contributed by atoms with Gasteiger partial charge >= 0.3 is 0 Å². The first-order valence-electron chi connectivity index (χ1n) is 7.44. The van der Waals surface area contributed by atoms with Gasteiger partial charge in [0.2, 0.25) is 5.91 Å². The number of likely N-dealkylation sites (N-methyl/N-ethyl adjacent to an activating group) is 1. The summed E-state index contributed by atoms with van der Waals surface area (Å²) in [7, 11) is 1.97. The zero-order chi connectivity index (χ0) is 13.9. The molecule has 1 aromatic carbocycles. The molecule has 108 valence electrons. The van der Waals surface area contributed by atoms with Crippen molar-refractivity contribution in [2.75, 3.05) is 26.7 Å². The van der Waals surface area contributed by atoms with Crippen molar-refractivity contribution in [3.8, 4) is 5.75 Å². The summed E-state index contributed by atoms with van der Waals surface area (Å²) in [5.74, 6) is 1.16. The quantitative estimate of drug-likeness (QED) is 0.887. The maximum atomic E-state index is 12.6. The van der Waals surface area contributed by atoms with Crippen molar-refractivity contribution in [2.45, 2.75) is 25.3 Å². The molecule has 1 amide bonds. The Labute approximate surface area is 120 Å². The van der Waals surface area contributed by atoms with Crippen molar-refractivity contribution in [1.82, 2.24) is 10.2 Å². The van der Waals surface area contributed by atoms with Crippen molar-refractivity contribution in [1.29, 1.82) is 0 Å². The summed E-state index contributed by atoms with van der Waals surface area (Å²) in [5.41, 5.74) is 1.15. The van der Waals surface area contributed by atoms with Gasteiger partial charge in [-0.1, -0.05) is 18.2 Å². The van der Waals surface area contributed by atoms with Gasteiger partial charge in [0.25, 0.3) is 0 Å². The molecule has 2 atom stereocenters. The average Bonchev–Trinajstić information content (AvgIpc) is 2.53. The van der Waals surface area contributed by atoms with E-state index in [4.69, 9.17) is 4.74 Å². The molecule has 0 spiro atoms. The number of ether oxygens (including phenoxy) is 1. The molecule has 2 unspecified atom stereocenters. The van der Waals surface area contributed by atoms with Crippen molar-refractivity contribution >= 4 is 5.91 Å². The van der Waals surface area contributed by atoms with Gasteiger partial charge in [-0.25, -0.2) is 0 Å². The van der Waals surface area contributed by atoms with E-state index in [1.165, 1.54) is 0 Å². The minimum absolute atomic E-state index is 0.0273. The van der Waals surface area contributed by atoms with Gasteiger partial charge in [-0.15, -0.1) is 0 Å². The highest BCUT2D eigenvalue weighted by atomic mass is 16.5. The fourth-order valence-electron chi connectivity index (χ4n) is 3.16. The normalized spacial score (nSPS) is 25.8. The molecule has 0 aliphatic carbocycles. The third kappa shape index (κ3) is 2.66. The lowest BCUT2D eigenvalue weighted by Gasteiger charge is -2.36. The van der Waals surface area contributed by atoms with Crippen LogP contribution in [0.1, 0.15) is 18.4 Å². The molecule has 1 fully saturated rings. The molecular formula is C16H22N2O2. The smallest absolute Gasteiger partial charge is 0.229 e. The molecule has 0 bridgehead atoms. The Kier molecular flexibility index (Phi) is 3.92. The van der Waals surface area contributed by atoms with E-state index in [0.29, 0.717) is 12.6 Å². The lowest BCUT2D eigenvalue weighted by atomic mass is 9.94. The molecule has 3 rings (SSSR count). The Balaban J connectivity index is 1.67. The number of carbonyl (C=O) groups is 1. The van der Waals surface area contributed by atoms with E-state index in [1.54, 1.807) is 0 Å². The molecule has 2 heterocycles. The Hall–Kier alpha value is -1.55. The first-order chi connectivity index (χ1) is 9.78. The van der Waals surface area contributed by atoms with Crippen LogP contribution in [0.25, 0.3) is 0 Å². The van der Waals surface area contributed by atoms with Gasteiger partial charge in [0.15, 0.2) is 0 Å². The maximum Gasteiger partial charge on any atom is 0.229 e. The number of amides is 1. The molecule has 1 N–H and O–H groups in total. The zero-order valence-electron chi connectivity index (χ0n) is 12.0. The molecule has 0 radical (unpaired) electrons. The van der Waals surface area contributed by atoms with Crippen LogP contribution in [0.15, 0.2) is 24.3 Å². The van der Waals surface area contributed by atoms with Crippen LogP contribution in [-0.2, 0) is 11.2 Å². The minimum atomic E-state index is -0.0273. The van der Waals surface area contributed by atoms with E-state index in [9.17, 15) is 4.79 Å². The Bertz CT molecular complexity index is 489. The van der Waals surface area contributed by atoms with E-state index in [-0.39, 0.29) is 11.8 Å². The standard InChI is InChI=1S/C16H22N2O2/c1-17-14-6-4-8-18(10-14)16(19)13-9-12-5-2-3-7-15(12)20-11-13/h2-3,5,7,13-14,17H,4,6,8-11H2,1H3.